The third-order valence-electron chi connectivity index (χ3n) is 4.05. The summed E-state index contributed by atoms with van der Waals surface area (Å²) in [6.07, 6.45) is 0.957. The Kier molecular flexibility index (Phi) is 7.81. The van der Waals surface area contributed by atoms with Gasteiger partial charge in [0.2, 0.25) is 11.8 Å². The number of ether oxygens (including phenoxy) is 2. The largest absolute Gasteiger partial charge is 0.497 e. The zero-order valence-corrected chi connectivity index (χ0v) is 18.4. The zero-order chi connectivity index (χ0) is 21.3. The zero-order valence-electron chi connectivity index (χ0n) is 16.8. The highest BCUT2D eigenvalue weighted by molar-refractivity contribution is 7.17. The molecular weight excluding hydrogens is 422 g/mol. The van der Waals surface area contributed by atoms with E-state index in [0.29, 0.717) is 31.1 Å². The lowest BCUT2D eigenvalue weighted by molar-refractivity contribution is -0.119. The van der Waals surface area contributed by atoms with Gasteiger partial charge in [-0.3, -0.25) is 9.59 Å². The number of benzene rings is 1. The van der Waals surface area contributed by atoms with E-state index < -0.39 is 0 Å². The van der Waals surface area contributed by atoms with Crippen molar-refractivity contribution in [2.24, 2.45) is 0 Å². The van der Waals surface area contributed by atoms with Crippen molar-refractivity contribution in [1.29, 1.82) is 0 Å². The van der Waals surface area contributed by atoms with Crippen molar-refractivity contribution in [2.75, 3.05) is 19.0 Å². The number of carbonyl (C=O) groups is 2. The van der Waals surface area contributed by atoms with Crippen LogP contribution in [0, 0.1) is 0 Å². The highest BCUT2D eigenvalue weighted by Gasteiger charge is 2.10. The van der Waals surface area contributed by atoms with E-state index in [1.54, 1.807) is 18.4 Å². The van der Waals surface area contributed by atoms with Crippen LogP contribution in [0.1, 0.15) is 24.6 Å². The van der Waals surface area contributed by atoms with Crippen molar-refractivity contribution in [3.63, 3.8) is 0 Å². The van der Waals surface area contributed by atoms with E-state index in [4.69, 9.17) is 9.47 Å². The molecule has 0 aliphatic carbocycles. The molecule has 0 atom stereocenters. The Morgan fingerprint density at radius 3 is 2.60 bits per heavy atom. The number of aromatic nitrogens is 1. The first-order chi connectivity index (χ1) is 14.5. The van der Waals surface area contributed by atoms with Crippen LogP contribution in [-0.2, 0) is 16.1 Å². The number of thiazole rings is 1. The van der Waals surface area contributed by atoms with Crippen molar-refractivity contribution in [1.82, 2.24) is 10.3 Å². The molecule has 0 fully saturated rings. The van der Waals surface area contributed by atoms with Gasteiger partial charge in [0, 0.05) is 23.6 Å². The van der Waals surface area contributed by atoms with E-state index in [9.17, 15) is 9.59 Å². The molecule has 0 spiro atoms. The van der Waals surface area contributed by atoms with Crippen LogP contribution in [0.4, 0.5) is 5.13 Å². The molecule has 7 nitrogen and oxygen atoms in total. The molecule has 3 aromatic rings. The maximum atomic E-state index is 12.2. The fraction of sp³-hybridized carbons (Fsp3) is 0.286. The van der Waals surface area contributed by atoms with Gasteiger partial charge >= 0.3 is 0 Å². The molecule has 1 aromatic carbocycles. The molecular formula is C21H23N3O4S2. The Morgan fingerprint density at radius 1 is 1.10 bits per heavy atom. The Balaban J connectivity index is 1.41. The molecule has 2 amide bonds. The van der Waals surface area contributed by atoms with Crippen LogP contribution >= 0.6 is 22.7 Å². The van der Waals surface area contributed by atoms with Crippen LogP contribution < -0.4 is 20.1 Å². The summed E-state index contributed by atoms with van der Waals surface area (Å²) in [6.45, 7) is 2.45. The maximum Gasteiger partial charge on any atom is 0.226 e. The minimum atomic E-state index is -0.0910. The molecule has 0 aliphatic rings. The van der Waals surface area contributed by atoms with Gasteiger partial charge < -0.3 is 20.1 Å². The van der Waals surface area contributed by atoms with Crippen LogP contribution in [0.3, 0.4) is 0 Å². The molecule has 9 heteroatoms. The van der Waals surface area contributed by atoms with Gasteiger partial charge in [0.05, 0.1) is 30.8 Å². The Hall–Kier alpha value is -2.91. The number of anilines is 1. The van der Waals surface area contributed by atoms with E-state index in [0.717, 1.165) is 26.9 Å². The molecule has 2 aromatic heterocycles. The number of methoxy groups -OCH3 is 1. The number of hydrogen-bond donors (Lipinski definition) is 2. The van der Waals surface area contributed by atoms with Gasteiger partial charge in [0.1, 0.15) is 11.5 Å². The average molecular weight is 446 g/mol. The van der Waals surface area contributed by atoms with Gasteiger partial charge in [0.15, 0.2) is 5.13 Å². The third kappa shape index (κ3) is 6.57. The molecule has 0 bridgehead atoms. The normalized spacial score (nSPS) is 10.5. The Morgan fingerprint density at radius 2 is 1.87 bits per heavy atom. The molecule has 2 N–H and O–H groups in total. The quantitative estimate of drug-likeness (QED) is 0.454. The van der Waals surface area contributed by atoms with Crippen LogP contribution in [0.5, 0.6) is 11.5 Å². The van der Waals surface area contributed by atoms with Crippen molar-refractivity contribution in [2.45, 2.75) is 26.3 Å². The first-order valence-corrected chi connectivity index (χ1v) is 11.1. The smallest absolute Gasteiger partial charge is 0.226 e. The minimum Gasteiger partial charge on any atom is -0.497 e. The van der Waals surface area contributed by atoms with Gasteiger partial charge in [-0.05, 0) is 42.8 Å². The van der Waals surface area contributed by atoms with Crippen LogP contribution in [0.2, 0.25) is 0 Å². The minimum absolute atomic E-state index is 0.0574. The number of thiophene rings is 1. The molecule has 2 heterocycles. The van der Waals surface area contributed by atoms with E-state index in [1.165, 1.54) is 18.3 Å². The van der Waals surface area contributed by atoms with Crippen molar-refractivity contribution in [3.8, 4) is 22.1 Å². The fourth-order valence-corrected chi connectivity index (χ4v) is 4.25. The number of amides is 2. The molecule has 0 radical (unpaired) electrons. The number of rotatable bonds is 10. The van der Waals surface area contributed by atoms with Gasteiger partial charge in [-0.1, -0.05) is 0 Å². The summed E-state index contributed by atoms with van der Waals surface area (Å²) >= 11 is 2.96. The SMILES string of the molecule is COc1ccc(OCCCC(=O)Nc2nc(-c3ccc(CNC(C)=O)s3)cs2)cc1. The lowest BCUT2D eigenvalue weighted by atomic mass is 10.3. The second kappa shape index (κ2) is 10.7. The second-order valence-corrected chi connectivity index (χ2v) is 8.42. The monoisotopic (exact) mass is 445 g/mol. The summed E-state index contributed by atoms with van der Waals surface area (Å²) in [5.74, 6) is 1.37. The summed E-state index contributed by atoms with van der Waals surface area (Å²) in [5.41, 5.74) is 0.817. The molecule has 3 rings (SSSR count). The topological polar surface area (TPSA) is 89.6 Å². The number of hydrogen-bond acceptors (Lipinski definition) is 7. The van der Waals surface area contributed by atoms with Gasteiger partial charge in [-0.2, -0.15) is 0 Å². The molecule has 0 saturated carbocycles. The highest BCUT2D eigenvalue weighted by atomic mass is 32.1. The van der Waals surface area contributed by atoms with E-state index in [-0.39, 0.29) is 11.8 Å². The van der Waals surface area contributed by atoms with E-state index in [1.807, 2.05) is 41.8 Å². The van der Waals surface area contributed by atoms with Gasteiger partial charge in [-0.25, -0.2) is 4.98 Å². The summed E-state index contributed by atoms with van der Waals surface area (Å²) in [4.78, 5) is 29.7. The van der Waals surface area contributed by atoms with Gasteiger partial charge in [0.25, 0.3) is 0 Å². The van der Waals surface area contributed by atoms with Crippen molar-refractivity contribution >= 4 is 39.6 Å². The van der Waals surface area contributed by atoms with Crippen molar-refractivity contribution < 1.29 is 19.1 Å². The number of nitrogens with zero attached hydrogens (tertiary/aromatic N) is 1. The average Bonchev–Trinajstić information content (AvgIpc) is 3.39. The molecule has 30 heavy (non-hydrogen) atoms. The summed E-state index contributed by atoms with van der Waals surface area (Å²) < 4.78 is 10.7. The summed E-state index contributed by atoms with van der Waals surface area (Å²) in [7, 11) is 1.62. The van der Waals surface area contributed by atoms with Crippen LogP contribution in [-0.4, -0.2) is 30.5 Å². The highest BCUT2D eigenvalue weighted by Crippen LogP contribution is 2.30. The summed E-state index contributed by atoms with van der Waals surface area (Å²) in [5, 5.41) is 8.10. The molecule has 158 valence electrons. The van der Waals surface area contributed by atoms with E-state index in [2.05, 4.69) is 15.6 Å². The lowest BCUT2D eigenvalue weighted by Crippen LogP contribution is -2.17. The predicted molar refractivity (Wildman–Crippen MR) is 119 cm³/mol. The molecule has 0 saturated heterocycles. The number of nitrogens with one attached hydrogen (secondary N) is 2. The van der Waals surface area contributed by atoms with Crippen molar-refractivity contribution in [3.05, 3.63) is 46.7 Å². The Labute approximate surface area is 183 Å². The fourth-order valence-electron chi connectivity index (χ4n) is 2.54. The lowest BCUT2D eigenvalue weighted by Gasteiger charge is -2.07. The van der Waals surface area contributed by atoms with Crippen LogP contribution in [0.15, 0.2) is 41.8 Å². The summed E-state index contributed by atoms with van der Waals surface area (Å²) in [6, 6.07) is 11.3. The van der Waals surface area contributed by atoms with Gasteiger partial charge in [-0.15, -0.1) is 22.7 Å². The molecule has 0 aliphatic heterocycles. The predicted octanol–water partition coefficient (Wildman–Crippen LogP) is 4.31. The first-order valence-electron chi connectivity index (χ1n) is 9.39. The third-order valence-corrected chi connectivity index (χ3v) is 5.92. The maximum absolute atomic E-state index is 12.2. The van der Waals surface area contributed by atoms with E-state index >= 15 is 0 Å². The molecule has 0 unspecified atom stereocenters. The van der Waals surface area contributed by atoms with Crippen LogP contribution in [0.25, 0.3) is 10.6 Å². The first kappa shape index (κ1) is 21.8. The Bertz CT molecular complexity index is 982. The standard InChI is InChI=1S/C21H23N3O4S2/c1-14(25)22-12-17-9-10-19(30-17)18-13-29-21(23-18)24-20(26)4-3-11-28-16-7-5-15(27-2)6-8-16/h5-10,13H,3-4,11-12H2,1-2H3,(H,22,25)(H,23,24,26). The number of carbonyl (C=O) groups excluding carboxylic acids is 2. The second-order valence-electron chi connectivity index (χ2n) is 6.39.